The zero-order valence-corrected chi connectivity index (χ0v) is 22.7. The van der Waals surface area contributed by atoms with Crippen molar-refractivity contribution in [1.29, 1.82) is 0 Å². The summed E-state index contributed by atoms with van der Waals surface area (Å²) in [7, 11) is 0. The van der Waals surface area contributed by atoms with Crippen molar-refractivity contribution in [2.45, 2.75) is 70.8 Å². The number of benzene rings is 1. The molecule has 2 aromatic heterocycles. The Balaban J connectivity index is 1.31. The second kappa shape index (κ2) is 10.4. The van der Waals surface area contributed by atoms with Crippen molar-refractivity contribution in [3.05, 3.63) is 52.8 Å². The number of H-pyrrole nitrogens is 1. The van der Waals surface area contributed by atoms with Crippen molar-refractivity contribution in [1.82, 2.24) is 19.8 Å². The predicted octanol–water partition coefficient (Wildman–Crippen LogP) is 5.38. The summed E-state index contributed by atoms with van der Waals surface area (Å²) in [4.78, 5) is 24.3. The van der Waals surface area contributed by atoms with E-state index in [9.17, 15) is 18.7 Å². The number of pyridine rings is 1. The van der Waals surface area contributed by atoms with Crippen LogP contribution in [0.4, 0.5) is 8.78 Å². The number of halogens is 2. The number of aryl methyl sites for hydroxylation is 2. The second-order valence-electron chi connectivity index (χ2n) is 11.5. The lowest BCUT2D eigenvalue weighted by Gasteiger charge is -2.34. The van der Waals surface area contributed by atoms with Gasteiger partial charge >= 0.3 is 0 Å². The molecule has 8 heteroatoms. The highest BCUT2D eigenvalue weighted by atomic mass is 19.3. The van der Waals surface area contributed by atoms with E-state index in [1.54, 1.807) is 4.90 Å². The van der Waals surface area contributed by atoms with Gasteiger partial charge < -0.3 is 15.0 Å². The third-order valence-electron chi connectivity index (χ3n) is 8.16. The van der Waals surface area contributed by atoms with E-state index in [0.29, 0.717) is 24.9 Å². The smallest absolute Gasteiger partial charge is 0.262 e. The van der Waals surface area contributed by atoms with E-state index in [4.69, 9.17) is 0 Å². The Labute approximate surface area is 223 Å². The third kappa shape index (κ3) is 5.34. The van der Waals surface area contributed by atoms with Crippen LogP contribution in [0.3, 0.4) is 0 Å². The van der Waals surface area contributed by atoms with Crippen LogP contribution in [0.5, 0.6) is 0 Å². The quantitative estimate of drug-likeness (QED) is 0.454. The molecule has 1 atom stereocenters. The van der Waals surface area contributed by atoms with Gasteiger partial charge in [-0.2, -0.15) is 0 Å². The van der Waals surface area contributed by atoms with E-state index in [2.05, 4.69) is 54.1 Å². The number of rotatable bonds is 6. The zero-order valence-electron chi connectivity index (χ0n) is 22.7. The molecule has 1 amide bonds. The highest BCUT2D eigenvalue weighted by Gasteiger charge is 2.45. The Hall–Kier alpha value is -2.84. The van der Waals surface area contributed by atoms with Gasteiger partial charge in [-0.3, -0.25) is 14.7 Å². The average molecular weight is 525 g/mol. The number of amides is 1. The molecule has 2 aliphatic heterocycles. The van der Waals surface area contributed by atoms with Gasteiger partial charge in [-0.15, -0.1) is 0 Å². The van der Waals surface area contributed by atoms with Gasteiger partial charge in [-0.1, -0.05) is 19.9 Å². The number of hydrogen-bond donors (Lipinski definition) is 2. The number of aromatic nitrogens is 2. The number of hydrogen-bond acceptors (Lipinski definition) is 4. The number of aliphatic hydroxyl groups excluding tert-OH is 1. The minimum atomic E-state index is -2.85. The van der Waals surface area contributed by atoms with Gasteiger partial charge in [0.1, 0.15) is 0 Å². The van der Waals surface area contributed by atoms with Gasteiger partial charge in [0.2, 0.25) is 5.91 Å². The molecule has 5 rings (SSSR count). The Kier molecular flexibility index (Phi) is 7.31. The van der Waals surface area contributed by atoms with E-state index in [1.807, 2.05) is 13.8 Å². The number of aromatic amines is 1. The molecule has 38 heavy (non-hydrogen) atoms. The van der Waals surface area contributed by atoms with Crippen LogP contribution in [0.25, 0.3) is 22.2 Å². The van der Waals surface area contributed by atoms with E-state index in [1.165, 1.54) is 21.4 Å². The van der Waals surface area contributed by atoms with Gasteiger partial charge in [0.05, 0.1) is 25.4 Å². The molecule has 6 nitrogen and oxygen atoms in total. The Bertz CT molecular complexity index is 1310. The zero-order chi connectivity index (χ0) is 27.2. The minimum absolute atomic E-state index is 0.0602. The van der Waals surface area contributed by atoms with E-state index < -0.39 is 18.5 Å². The number of alkyl halides is 2. The molecule has 0 radical (unpaired) electrons. The Morgan fingerprint density at radius 1 is 1.16 bits per heavy atom. The number of nitrogens with zero attached hydrogens (tertiary/aromatic N) is 3. The fraction of sp³-hybridized carbons (Fsp3) is 0.533. The second-order valence-corrected chi connectivity index (χ2v) is 11.5. The molecule has 204 valence electrons. The summed E-state index contributed by atoms with van der Waals surface area (Å²) in [5.74, 6) is -2.30. The maximum Gasteiger partial charge on any atom is 0.262 e. The fourth-order valence-corrected chi connectivity index (χ4v) is 6.36. The fourth-order valence-electron chi connectivity index (χ4n) is 6.36. The lowest BCUT2D eigenvalue weighted by Crippen LogP contribution is -2.46. The van der Waals surface area contributed by atoms with Crippen molar-refractivity contribution in [2.24, 2.45) is 0 Å². The molecule has 0 spiro atoms. The monoisotopic (exact) mass is 524 g/mol. The minimum Gasteiger partial charge on any atom is -0.395 e. The highest BCUT2D eigenvalue weighted by molar-refractivity contribution is 5.92. The number of piperidine rings is 1. The molecule has 3 aromatic rings. The summed E-state index contributed by atoms with van der Waals surface area (Å²) < 4.78 is 27.6. The van der Waals surface area contributed by atoms with Crippen LogP contribution in [0.2, 0.25) is 0 Å². The van der Waals surface area contributed by atoms with E-state index >= 15 is 0 Å². The maximum absolute atomic E-state index is 13.8. The summed E-state index contributed by atoms with van der Waals surface area (Å²) in [6.45, 7) is 8.84. The van der Waals surface area contributed by atoms with E-state index in [-0.39, 0.29) is 25.5 Å². The van der Waals surface area contributed by atoms with Crippen LogP contribution in [0.15, 0.2) is 30.3 Å². The first-order valence-corrected chi connectivity index (χ1v) is 13.7. The van der Waals surface area contributed by atoms with Gasteiger partial charge in [0.25, 0.3) is 5.92 Å². The molecule has 1 aromatic carbocycles. The number of fused-ring (bicyclic) bond motifs is 1. The van der Waals surface area contributed by atoms with Crippen LogP contribution in [0, 0.1) is 13.8 Å². The number of carbonyl (C=O) groups excluding carboxylic acids is 1. The molecular formula is C30H38F2N4O2. The van der Waals surface area contributed by atoms with Crippen LogP contribution in [-0.4, -0.2) is 75.5 Å². The number of nitrogens with one attached hydrogen (secondary N) is 1. The molecule has 0 unspecified atom stereocenters. The lowest BCUT2D eigenvalue weighted by molar-refractivity contribution is -0.134. The topological polar surface area (TPSA) is 72.5 Å². The molecule has 4 heterocycles. The maximum atomic E-state index is 13.8. The average Bonchev–Trinajstić information content (AvgIpc) is 3.39. The molecule has 2 N–H and O–H groups in total. The van der Waals surface area contributed by atoms with Crippen molar-refractivity contribution >= 4 is 16.8 Å². The molecule has 2 fully saturated rings. The first kappa shape index (κ1) is 26.8. The number of likely N-dealkylation sites (tertiary alicyclic amines) is 2. The Morgan fingerprint density at radius 3 is 2.47 bits per heavy atom. The predicted molar refractivity (Wildman–Crippen MR) is 146 cm³/mol. The third-order valence-corrected chi connectivity index (χ3v) is 8.16. The van der Waals surface area contributed by atoms with Crippen LogP contribution < -0.4 is 0 Å². The van der Waals surface area contributed by atoms with Gasteiger partial charge in [0.15, 0.2) is 0 Å². The van der Waals surface area contributed by atoms with Crippen LogP contribution in [-0.2, 0) is 4.79 Å². The standard InChI is InChI=1S/C30H38F2N4O2/c1-18(2)28-25-13-22(5-6-26(25)34-29(28)23-11-19(3)33-20(4)12-23)21-7-9-35(10-8-21)27(38)15-36-17-30(31,32)14-24(36)16-37/h5-6,11-13,18,21,24,34,37H,7-10,14-17H2,1-4H3/t24-/m0/s1. The van der Waals surface area contributed by atoms with Crippen molar-refractivity contribution in [3.63, 3.8) is 0 Å². The summed E-state index contributed by atoms with van der Waals surface area (Å²) in [5, 5.41) is 10.7. The molecule has 0 bridgehead atoms. The van der Waals surface area contributed by atoms with Crippen molar-refractivity contribution in [3.8, 4) is 11.3 Å². The van der Waals surface area contributed by atoms with Gasteiger partial charge in [-0.25, -0.2) is 8.78 Å². The van der Waals surface area contributed by atoms with Crippen molar-refractivity contribution < 1.29 is 18.7 Å². The van der Waals surface area contributed by atoms with Crippen LogP contribution >= 0.6 is 0 Å². The van der Waals surface area contributed by atoms with Gasteiger partial charge in [0, 0.05) is 53.4 Å². The summed E-state index contributed by atoms with van der Waals surface area (Å²) in [5.41, 5.74) is 8.01. The summed E-state index contributed by atoms with van der Waals surface area (Å²) in [6.07, 6.45) is 1.29. The van der Waals surface area contributed by atoms with E-state index in [0.717, 1.165) is 41.0 Å². The lowest BCUT2D eigenvalue weighted by atomic mass is 9.87. The summed E-state index contributed by atoms with van der Waals surface area (Å²) in [6, 6.07) is 10.3. The number of carbonyl (C=O) groups is 1. The molecule has 0 aliphatic carbocycles. The largest absolute Gasteiger partial charge is 0.395 e. The molecule has 0 saturated carbocycles. The molecular weight excluding hydrogens is 486 g/mol. The molecule has 2 aliphatic rings. The first-order valence-electron chi connectivity index (χ1n) is 13.7. The number of aliphatic hydroxyl groups is 1. The SMILES string of the molecule is Cc1cc(-c2[nH]c3ccc(C4CCN(C(=O)CN5CC(F)(F)C[C@H]5CO)CC4)cc3c2C(C)C)cc(C)n1. The molecule has 2 saturated heterocycles. The normalized spacial score (nSPS) is 20.6. The van der Waals surface area contributed by atoms with Crippen molar-refractivity contribution in [2.75, 3.05) is 32.8 Å². The van der Waals surface area contributed by atoms with Crippen LogP contribution in [0.1, 0.15) is 67.5 Å². The van der Waals surface area contributed by atoms with Gasteiger partial charge in [-0.05, 0) is 73.9 Å². The first-order chi connectivity index (χ1) is 18.0. The Morgan fingerprint density at radius 2 is 1.84 bits per heavy atom. The highest BCUT2D eigenvalue weighted by Crippen LogP contribution is 2.39. The summed E-state index contributed by atoms with van der Waals surface area (Å²) >= 11 is 0.